The third kappa shape index (κ3) is 3.40. The second-order valence-corrected chi connectivity index (χ2v) is 10.4. The Morgan fingerprint density at radius 3 is 2.67 bits per heavy atom. The van der Waals surface area contributed by atoms with Gasteiger partial charge in [0.2, 0.25) is 0 Å². The fraction of sp³-hybridized carbons (Fsp3) is 0.435. The van der Waals surface area contributed by atoms with Gasteiger partial charge in [-0.1, -0.05) is 12.7 Å². The average Bonchev–Trinajstić information content (AvgIpc) is 3.18. The van der Waals surface area contributed by atoms with Crippen LogP contribution in [0.2, 0.25) is 0 Å². The first-order valence-corrected chi connectivity index (χ1v) is 12.2. The Morgan fingerprint density at radius 2 is 2.00 bits per heavy atom. The van der Waals surface area contributed by atoms with Gasteiger partial charge in [0.1, 0.15) is 41.0 Å². The fourth-order valence-corrected chi connectivity index (χ4v) is 5.89. The molecule has 1 saturated carbocycles. The Bertz CT molecular complexity index is 1220. The van der Waals surface area contributed by atoms with E-state index in [9.17, 15) is 19.4 Å². The maximum atomic E-state index is 14.4. The molecule has 3 unspecified atom stereocenters. The number of nitrogens with zero attached hydrogens (tertiary/aromatic N) is 5. The van der Waals surface area contributed by atoms with Gasteiger partial charge in [0.05, 0.1) is 34.3 Å². The second kappa shape index (κ2) is 8.32. The minimum Gasteiger partial charge on any atom is -0.396 e. The van der Waals surface area contributed by atoms with Crippen molar-refractivity contribution in [1.29, 1.82) is 0 Å². The number of aliphatic hydroxyl groups is 2. The number of rotatable bonds is 2. The third-order valence-corrected chi connectivity index (χ3v) is 8.70. The van der Waals surface area contributed by atoms with Crippen molar-refractivity contribution in [3.8, 4) is 0 Å². The fourth-order valence-electron chi connectivity index (χ4n) is 5.89. The molecule has 13 heteroatoms. The lowest BCUT2D eigenvalue weighted by molar-refractivity contribution is -0.123. The number of halogens is 1. The summed E-state index contributed by atoms with van der Waals surface area (Å²) in [4.78, 5) is 26.7. The summed E-state index contributed by atoms with van der Waals surface area (Å²) in [5.41, 5.74) is 0.475. The van der Waals surface area contributed by atoms with E-state index < -0.39 is 28.2 Å². The summed E-state index contributed by atoms with van der Waals surface area (Å²) in [6, 6.07) is 1.41. The molecule has 0 aromatic carbocycles. The molecule has 4 aliphatic rings. The highest BCUT2D eigenvalue weighted by atomic mass is 19.1. The summed E-state index contributed by atoms with van der Waals surface area (Å²) in [5.74, 6) is 0.228. The van der Waals surface area contributed by atoms with Gasteiger partial charge < -0.3 is 20.0 Å². The van der Waals surface area contributed by atoms with E-state index in [1.54, 1.807) is 40.5 Å². The molecule has 3 atom stereocenters. The first-order chi connectivity index (χ1) is 16.9. The molecule has 3 N–H and O–H groups in total. The molecule has 3 aliphatic heterocycles. The molecule has 1 amide bonds. The van der Waals surface area contributed by atoms with E-state index >= 15 is 0 Å². The number of hydrogen-bond donors (Lipinski definition) is 3. The Kier molecular flexibility index (Phi) is 5.73. The largest absolute Gasteiger partial charge is 0.396 e. The zero-order valence-corrected chi connectivity index (χ0v) is 21.1. The molecule has 0 radical (unpaired) electrons. The lowest BCUT2D eigenvalue weighted by Gasteiger charge is -2.33. The summed E-state index contributed by atoms with van der Waals surface area (Å²) >= 11 is 0. The number of nitrogens with one attached hydrogen (secondary N) is 1. The Hall–Kier alpha value is -2.89. The Morgan fingerprint density at radius 1 is 1.28 bits per heavy atom. The first kappa shape index (κ1) is 24.8. The lowest BCUT2D eigenvalue weighted by Crippen LogP contribution is -2.57. The maximum absolute atomic E-state index is 14.4. The van der Waals surface area contributed by atoms with Crippen molar-refractivity contribution in [2.45, 2.75) is 41.7 Å². The third-order valence-electron chi connectivity index (χ3n) is 8.70. The molecule has 1 aliphatic carbocycles. The molecule has 4 heterocycles. The average molecular weight is 490 g/mol. The minimum atomic E-state index is -1.49. The quantitative estimate of drug-likeness (QED) is 0.394. The van der Waals surface area contributed by atoms with Crippen molar-refractivity contribution in [3.63, 3.8) is 0 Å². The lowest BCUT2D eigenvalue weighted by atomic mass is 9.78. The molecule has 0 spiro atoms. The van der Waals surface area contributed by atoms with Crippen LogP contribution in [0.3, 0.4) is 0 Å². The number of amides is 1. The number of hydrazine groups is 1. The number of pyridine rings is 1. The van der Waals surface area contributed by atoms with Gasteiger partial charge in [-0.05, 0) is 30.5 Å². The number of fused-ring (bicyclic) bond motifs is 5. The van der Waals surface area contributed by atoms with E-state index in [4.69, 9.17) is 4.99 Å². The smallest absolute Gasteiger partial charge is 0.269 e. The van der Waals surface area contributed by atoms with E-state index in [0.29, 0.717) is 23.8 Å². The van der Waals surface area contributed by atoms with Crippen molar-refractivity contribution in [3.05, 3.63) is 65.7 Å². The van der Waals surface area contributed by atoms with Crippen molar-refractivity contribution in [1.82, 2.24) is 25.2 Å². The zero-order chi connectivity index (χ0) is 26.0. The highest BCUT2D eigenvalue weighted by Gasteiger charge is 2.81. The molecule has 186 valence electrons. The van der Waals surface area contributed by atoms with Crippen LogP contribution < -0.4 is 5.43 Å². The summed E-state index contributed by atoms with van der Waals surface area (Å²) in [6.45, 7) is 4.82. The predicted molar refractivity (Wildman–Crippen MR) is 141 cm³/mol. The number of amidine groups is 1. The highest BCUT2D eigenvalue weighted by molar-refractivity contribution is 6.43. The number of aliphatic imine (C=N–C) groups is 1. The summed E-state index contributed by atoms with van der Waals surface area (Å²) in [6.07, 6.45) is 8.47. The monoisotopic (exact) mass is 490 g/mol. The number of carbonyl (C=O) groups is 1. The van der Waals surface area contributed by atoms with Gasteiger partial charge in [0, 0.05) is 38.5 Å². The van der Waals surface area contributed by atoms with Crippen LogP contribution in [0.25, 0.3) is 0 Å². The van der Waals surface area contributed by atoms with Crippen molar-refractivity contribution in [2.75, 3.05) is 20.1 Å². The van der Waals surface area contributed by atoms with Crippen LogP contribution in [0, 0.1) is 5.82 Å². The molecule has 1 saturated heterocycles. The standard InChI is InChI=1S/C23H30B3FN6O3/c1-3-14-19-29-18(7-9-31(19)2)32-8-4-5-17(32)15-11-13(27)12-28-16(15)6-10-33(30-20(14)34)21(24)22(25,35)23(21,26)36/h3,7,9,11-12,17,35-36H,1,4-6,8,10,24-26H2,2H3,(H,30,34)/b19-14+. The van der Waals surface area contributed by atoms with E-state index in [1.165, 1.54) is 18.3 Å². The van der Waals surface area contributed by atoms with Gasteiger partial charge in [-0.3, -0.25) is 15.2 Å². The topological polar surface area (TPSA) is 105 Å². The Balaban J connectivity index is 1.67. The van der Waals surface area contributed by atoms with Gasteiger partial charge in [-0.2, -0.15) is 0 Å². The van der Waals surface area contributed by atoms with Crippen LogP contribution >= 0.6 is 0 Å². The van der Waals surface area contributed by atoms with Gasteiger partial charge in [0.15, 0.2) is 0 Å². The molecule has 5 rings (SSSR count). The summed E-state index contributed by atoms with van der Waals surface area (Å²) < 4.78 is 14.4. The minimum absolute atomic E-state index is 0.121. The van der Waals surface area contributed by atoms with Crippen LogP contribution in [0.4, 0.5) is 4.39 Å². The first-order valence-electron chi connectivity index (χ1n) is 12.2. The van der Waals surface area contributed by atoms with Crippen molar-refractivity contribution < 1.29 is 19.4 Å². The van der Waals surface area contributed by atoms with E-state index in [2.05, 4.69) is 21.9 Å². The van der Waals surface area contributed by atoms with Crippen LogP contribution in [0.1, 0.15) is 30.1 Å². The van der Waals surface area contributed by atoms with E-state index in [1.807, 2.05) is 12.3 Å². The van der Waals surface area contributed by atoms with Gasteiger partial charge in [-0.15, -0.1) is 0 Å². The van der Waals surface area contributed by atoms with Crippen LogP contribution in [0.15, 0.2) is 53.6 Å². The highest BCUT2D eigenvalue weighted by Crippen LogP contribution is 2.55. The molecule has 1 aromatic heterocycles. The second-order valence-electron chi connectivity index (χ2n) is 10.4. The SMILES string of the molecule is BC1(O)C(B)(O)C1(B)N1CCc2ncc(F)cc2C2CCCN2C2=N/C(=C(/C=C)C(=O)N1)N(C)C=C2. The van der Waals surface area contributed by atoms with Crippen LogP contribution in [0.5, 0.6) is 0 Å². The number of aromatic nitrogens is 1. The van der Waals surface area contributed by atoms with Gasteiger partial charge >= 0.3 is 0 Å². The molecule has 9 nitrogen and oxygen atoms in total. The van der Waals surface area contributed by atoms with Crippen LogP contribution in [-0.4, -0.2) is 102 Å². The molecular weight excluding hydrogens is 460 g/mol. The number of hydrogen-bond acceptors (Lipinski definition) is 8. The van der Waals surface area contributed by atoms with Crippen molar-refractivity contribution in [2.24, 2.45) is 4.99 Å². The molecule has 36 heavy (non-hydrogen) atoms. The van der Waals surface area contributed by atoms with E-state index in [0.717, 1.165) is 24.9 Å². The van der Waals surface area contributed by atoms with Gasteiger partial charge in [-0.25, -0.2) is 14.4 Å². The summed E-state index contributed by atoms with van der Waals surface area (Å²) in [5, 5.41) is 23.6. The molecule has 2 bridgehead atoms. The van der Waals surface area contributed by atoms with Crippen molar-refractivity contribution >= 4 is 35.3 Å². The van der Waals surface area contributed by atoms with Crippen LogP contribution in [-0.2, 0) is 11.2 Å². The Labute approximate surface area is 212 Å². The van der Waals surface area contributed by atoms with Gasteiger partial charge in [0.25, 0.3) is 5.91 Å². The number of carbonyl (C=O) groups excluding carboxylic acids is 1. The molecular formula is C23H30B3FN6O3. The molecule has 1 aromatic rings. The normalized spacial score (nSPS) is 36.6. The zero-order valence-electron chi connectivity index (χ0n) is 21.1. The maximum Gasteiger partial charge on any atom is 0.269 e. The van der Waals surface area contributed by atoms with E-state index in [-0.39, 0.29) is 18.2 Å². The predicted octanol–water partition coefficient (Wildman–Crippen LogP) is -2.51. The summed E-state index contributed by atoms with van der Waals surface area (Å²) in [7, 11) is 6.59. The molecule has 2 fully saturated rings.